The number of nitrogens with zero attached hydrogens (tertiary/aromatic N) is 2. The van der Waals surface area contributed by atoms with E-state index in [1.54, 1.807) is 0 Å². The standard InChI is InChI=1S/C17H18N2OS/c1-18-10-11-20-17-12-15(4-5-16(17)18)3-2-14-6-8-19(13-21)9-7-14/h2-9,12H,10-11,13H2,1H3/p+1. The Morgan fingerprint density at radius 3 is 2.71 bits per heavy atom. The topological polar surface area (TPSA) is 16.4 Å². The van der Waals surface area contributed by atoms with Gasteiger partial charge in [-0.05, 0) is 23.3 Å². The summed E-state index contributed by atoms with van der Waals surface area (Å²) >= 11 is 4.23. The van der Waals surface area contributed by atoms with Crippen LogP contribution in [0.25, 0.3) is 12.2 Å². The minimum absolute atomic E-state index is 0.694. The number of anilines is 1. The van der Waals surface area contributed by atoms with Crippen LogP contribution in [0.4, 0.5) is 5.69 Å². The number of thiol groups is 1. The first-order valence-corrected chi connectivity index (χ1v) is 7.65. The van der Waals surface area contributed by atoms with Gasteiger partial charge < -0.3 is 9.64 Å². The number of hydrogen-bond acceptors (Lipinski definition) is 3. The number of pyridine rings is 1. The van der Waals surface area contributed by atoms with Crippen molar-refractivity contribution in [2.24, 2.45) is 0 Å². The largest absolute Gasteiger partial charge is 0.490 e. The van der Waals surface area contributed by atoms with Crippen LogP contribution in [-0.4, -0.2) is 20.2 Å². The van der Waals surface area contributed by atoms with E-state index >= 15 is 0 Å². The van der Waals surface area contributed by atoms with Crippen molar-refractivity contribution >= 4 is 30.5 Å². The number of rotatable bonds is 3. The summed E-state index contributed by atoms with van der Waals surface area (Å²) in [6.45, 7) is 1.69. The highest BCUT2D eigenvalue weighted by atomic mass is 32.1. The number of benzene rings is 1. The molecule has 1 aromatic carbocycles. The Balaban J connectivity index is 1.79. The molecule has 0 amide bonds. The van der Waals surface area contributed by atoms with E-state index in [1.807, 2.05) is 17.0 Å². The van der Waals surface area contributed by atoms with Gasteiger partial charge in [-0.2, -0.15) is 4.57 Å². The van der Waals surface area contributed by atoms with Crippen LogP contribution in [0.2, 0.25) is 0 Å². The third-order valence-electron chi connectivity index (χ3n) is 3.63. The second kappa shape index (κ2) is 6.22. The molecule has 0 N–H and O–H groups in total. The second-order valence-electron chi connectivity index (χ2n) is 5.12. The maximum Gasteiger partial charge on any atom is 0.191 e. The lowest BCUT2D eigenvalue weighted by atomic mass is 10.1. The summed E-state index contributed by atoms with van der Waals surface area (Å²) in [7, 11) is 2.09. The van der Waals surface area contributed by atoms with E-state index in [9.17, 15) is 0 Å². The number of fused-ring (bicyclic) bond motifs is 1. The van der Waals surface area contributed by atoms with Gasteiger partial charge in [-0.15, -0.1) is 12.6 Å². The molecule has 0 saturated carbocycles. The van der Waals surface area contributed by atoms with Crippen LogP contribution >= 0.6 is 12.6 Å². The molecule has 0 unspecified atom stereocenters. The molecule has 3 rings (SSSR count). The van der Waals surface area contributed by atoms with E-state index in [4.69, 9.17) is 4.74 Å². The Bertz CT molecular complexity index is 652. The van der Waals surface area contributed by atoms with Gasteiger partial charge in [0.25, 0.3) is 0 Å². The van der Waals surface area contributed by atoms with E-state index < -0.39 is 0 Å². The minimum Gasteiger partial charge on any atom is -0.490 e. The molecule has 0 spiro atoms. The highest BCUT2D eigenvalue weighted by molar-refractivity contribution is 7.78. The molecule has 108 valence electrons. The van der Waals surface area contributed by atoms with Crippen molar-refractivity contribution in [3.05, 3.63) is 53.9 Å². The Hall–Kier alpha value is -1.94. The molecule has 2 aromatic rings. The Morgan fingerprint density at radius 2 is 1.95 bits per heavy atom. The van der Waals surface area contributed by atoms with Crippen molar-refractivity contribution in [2.75, 3.05) is 25.1 Å². The van der Waals surface area contributed by atoms with Crippen molar-refractivity contribution in [3.8, 4) is 5.75 Å². The lowest BCUT2D eigenvalue weighted by Gasteiger charge is -2.27. The smallest absolute Gasteiger partial charge is 0.191 e. The summed E-state index contributed by atoms with van der Waals surface area (Å²) in [5.41, 5.74) is 3.48. The molecular weight excluding hydrogens is 280 g/mol. The lowest BCUT2D eigenvalue weighted by molar-refractivity contribution is -0.675. The number of hydrogen-bond donors (Lipinski definition) is 1. The zero-order chi connectivity index (χ0) is 14.7. The predicted molar refractivity (Wildman–Crippen MR) is 89.8 cm³/mol. The average molecular weight is 299 g/mol. The van der Waals surface area contributed by atoms with Gasteiger partial charge >= 0.3 is 0 Å². The van der Waals surface area contributed by atoms with Gasteiger partial charge in [-0.3, -0.25) is 0 Å². The zero-order valence-electron chi connectivity index (χ0n) is 12.1. The third-order valence-corrected chi connectivity index (χ3v) is 3.95. The molecule has 2 heterocycles. The number of likely N-dealkylation sites (N-methyl/N-ethyl adjacent to an activating group) is 1. The lowest BCUT2D eigenvalue weighted by Crippen LogP contribution is -2.29. The molecule has 1 aliphatic rings. The van der Waals surface area contributed by atoms with Gasteiger partial charge in [0, 0.05) is 19.2 Å². The summed E-state index contributed by atoms with van der Waals surface area (Å²) in [6, 6.07) is 10.5. The van der Waals surface area contributed by atoms with E-state index in [0.717, 1.165) is 30.2 Å². The molecule has 1 aliphatic heterocycles. The fourth-order valence-corrected chi connectivity index (χ4v) is 2.53. The van der Waals surface area contributed by atoms with Gasteiger partial charge in [-0.25, -0.2) is 0 Å². The van der Waals surface area contributed by atoms with Crippen LogP contribution in [0.3, 0.4) is 0 Å². The van der Waals surface area contributed by atoms with Gasteiger partial charge in [0.1, 0.15) is 12.4 Å². The summed E-state index contributed by atoms with van der Waals surface area (Å²) in [5, 5.41) is 0. The first kappa shape index (κ1) is 14.0. The molecule has 0 bridgehead atoms. The molecule has 0 radical (unpaired) electrons. The fraction of sp³-hybridized carbons (Fsp3) is 0.235. The first-order chi connectivity index (χ1) is 10.3. The van der Waals surface area contributed by atoms with Crippen molar-refractivity contribution in [1.29, 1.82) is 0 Å². The Labute approximate surface area is 130 Å². The van der Waals surface area contributed by atoms with E-state index in [-0.39, 0.29) is 0 Å². The molecule has 0 fully saturated rings. The summed E-state index contributed by atoms with van der Waals surface area (Å²) in [5.74, 6) is 1.66. The Morgan fingerprint density at radius 1 is 1.19 bits per heavy atom. The quantitative estimate of drug-likeness (QED) is 0.693. The molecule has 1 aromatic heterocycles. The van der Waals surface area contributed by atoms with Crippen LogP contribution in [0.15, 0.2) is 42.7 Å². The maximum absolute atomic E-state index is 5.73. The van der Waals surface area contributed by atoms with E-state index in [2.05, 4.69) is 67.1 Å². The normalized spacial score (nSPS) is 14.1. The van der Waals surface area contributed by atoms with Crippen molar-refractivity contribution < 1.29 is 9.30 Å². The van der Waals surface area contributed by atoms with E-state index in [0.29, 0.717) is 5.88 Å². The van der Waals surface area contributed by atoms with Crippen molar-refractivity contribution in [1.82, 2.24) is 0 Å². The molecule has 0 aliphatic carbocycles. The van der Waals surface area contributed by atoms with Crippen LogP contribution in [0.5, 0.6) is 5.75 Å². The second-order valence-corrected chi connectivity index (χ2v) is 5.40. The van der Waals surface area contributed by atoms with Crippen LogP contribution in [0, 0.1) is 0 Å². The zero-order valence-corrected chi connectivity index (χ0v) is 13.0. The summed E-state index contributed by atoms with van der Waals surface area (Å²) in [4.78, 5) is 2.22. The SMILES string of the molecule is CN1CCOc2cc(/C=C/c3cc[n+](CS)cc3)ccc21. The van der Waals surface area contributed by atoms with Gasteiger partial charge in [0.05, 0.1) is 12.2 Å². The molecule has 0 saturated heterocycles. The molecule has 21 heavy (non-hydrogen) atoms. The van der Waals surface area contributed by atoms with Crippen molar-refractivity contribution in [2.45, 2.75) is 5.88 Å². The number of ether oxygens (including phenoxy) is 1. The summed E-state index contributed by atoms with van der Waals surface area (Å²) in [6.07, 6.45) is 8.27. The average Bonchev–Trinajstić information content (AvgIpc) is 2.53. The van der Waals surface area contributed by atoms with Crippen molar-refractivity contribution in [3.63, 3.8) is 0 Å². The van der Waals surface area contributed by atoms with Gasteiger partial charge in [0.2, 0.25) is 0 Å². The highest BCUT2D eigenvalue weighted by Crippen LogP contribution is 2.31. The van der Waals surface area contributed by atoms with Gasteiger partial charge in [-0.1, -0.05) is 18.2 Å². The molecule has 0 atom stereocenters. The van der Waals surface area contributed by atoms with Gasteiger partial charge in [0.15, 0.2) is 18.3 Å². The van der Waals surface area contributed by atoms with Crippen LogP contribution in [-0.2, 0) is 5.88 Å². The third kappa shape index (κ3) is 3.22. The summed E-state index contributed by atoms with van der Waals surface area (Å²) < 4.78 is 7.75. The van der Waals surface area contributed by atoms with Crippen LogP contribution in [0.1, 0.15) is 11.1 Å². The number of aromatic nitrogens is 1. The van der Waals surface area contributed by atoms with Crippen LogP contribution < -0.4 is 14.2 Å². The molecular formula is C17H19N2OS+. The van der Waals surface area contributed by atoms with E-state index in [1.165, 1.54) is 5.56 Å². The molecule has 4 heteroatoms. The highest BCUT2D eigenvalue weighted by Gasteiger charge is 2.14. The Kier molecular flexibility index (Phi) is 4.15. The maximum atomic E-state index is 5.73. The monoisotopic (exact) mass is 299 g/mol. The predicted octanol–water partition coefficient (Wildman–Crippen LogP) is 2.86. The fourth-order valence-electron chi connectivity index (χ4n) is 2.35. The minimum atomic E-state index is 0.694. The first-order valence-electron chi connectivity index (χ1n) is 7.02. The molecule has 3 nitrogen and oxygen atoms in total.